The average molecular weight is 460 g/mol. The Bertz CT molecular complexity index is 1150. The van der Waals surface area contributed by atoms with Gasteiger partial charge in [-0.05, 0) is 35.7 Å². The van der Waals surface area contributed by atoms with E-state index >= 15 is 0 Å². The third kappa shape index (κ3) is 4.68. The Labute approximate surface area is 198 Å². The molecular formula is C26H29N5O3. The summed E-state index contributed by atoms with van der Waals surface area (Å²) in [5.41, 5.74) is 3.21. The van der Waals surface area contributed by atoms with E-state index in [-0.39, 0.29) is 17.9 Å². The molecule has 176 valence electrons. The number of rotatable bonds is 8. The monoisotopic (exact) mass is 459 g/mol. The van der Waals surface area contributed by atoms with Crippen molar-refractivity contribution >= 4 is 11.8 Å². The van der Waals surface area contributed by atoms with Crippen molar-refractivity contribution in [2.75, 3.05) is 13.7 Å². The Morgan fingerprint density at radius 2 is 1.97 bits per heavy atom. The standard InChI is InChI=1S/C26H29N5O3/c1-34-24-9-8-19(12-20(24)16-30-11-5-10-28-30)15-27-21-14-23-25(32)29-22(26(33)31(23)17-21)13-18-6-3-2-4-7-18/h2-12,21-23,27H,13-17H2,1H3,(H,29,32)/t21-,22+,23-/m0/s1. The number of benzene rings is 2. The highest BCUT2D eigenvalue weighted by Crippen LogP contribution is 2.25. The minimum absolute atomic E-state index is 0.00343. The fourth-order valence-electron chi connectivity index (χ4n) is 4.89. The first-order valence-electron chi connectivity index (χ1n) is 11.6. The number of carbonyl (C=O) groups is 2. The predicted octanol–water partition coefficient (Wildman–Crippen LogP) is 1.74. The van der Waals surface area contributed by atoms with E-state index < -0.39 is 12.1 Å². The quantitative estimate of drug-likeness (QED) is 0.536. The minimum atomic E-state index is -0.503. The molecule has 0 unspecified atom stereocenters. The smallest absolute Gasteiger partial charge is 0.246 e. The first-order chi connectivity index (χ1) is 16.6. The maximum Gasteiger partial charge on any atom is 0.246 e. The molecule has 2 fully saturated rings. The van der Waals surface area contributed by atoms with Gasteiger partial charge in [-0.1, -0.05) is 36.4 Å². The summed E-state index contributed by atoms with van der Waals surface area (Å²) in [7, 11) is 1.67. The van der Waals surface area contributed by atoms with Crippen LogP contribution in [0.2, 0.25) is 0 Å². The maximum atomic E-state index is 13.1. The van der Waals surface area contributed by atoms with Gasteiger partial charge in [-0.25, -0.2) is 0 Å². The molecule has 1 aromatic heterocycles. The summed E-state index contributed by atoms with van der Waals surface area (Å²) in [6.45, 7) is 1.81. The van der Waals surface area contributed by atoms with E-state index in [1.807, 2.05) is 59.4 Å². The number of carbonyl (C=O) groups excluding carboxylic acids is 2. The first kappa shape index (κ1) is 22.2. The van der Waals surface area contributed by atoms with Gasteiger partial charge in [-0.3, -0.25) is 14.3 Å². The Balaban J connectivity index is 1.22. The van der Waals surface area contributed by atoms with Gasteiger partial charge in [-0.15, -0.1) is 0 Å². The first-order valence-corrected chi connectivity index (χ1v) is 11.6. The van der Waals surface area contributed by atoms with Crippen LogP contribution in [0, 0.1) is 0 Å². The molecular weight excluding hydrogens is 430 g/mol. The highest BCUT2D eigenvalue weighted by Gasteiger charge is 2.46. The molecule has 0 saturated carbocycles. The summed E-state index contributed by atoms with van der Waals surface area (Å²) in [6.07, 6.45) is 4.81. The summed E-state index contributed by atoms with van der Waals surface area (Å²) in [5, 5.41) is 10.8. The third-order valence-corrected chi connectivity index (χ3v) is 6.62. The topological polar surface area (TPSA) is 88.5 Å². The van der Waals surface area contributed by atoms with E-state index in [1.165, 1.54) is 0 Å². The van der Waals surface area contributed by atoms with Crippen LogP contribution < -0.4 is 15.4 Å². The van der Waals surface area contributed by atoms with Crippen molar-refractivity contribution in [1.82, 2.24) is 25.3 Å². The molecule has 34 heavy (non-hydrogen) atoms. The Morgan fingerprint density at radius 3 is 2.74 bits per heavy atom. The molecule has 8 nitrogen and oxygen atoms in total. The number of hydrogen-bond acceptors (Lipinski definition) is 5. The molecule has 2 aliphatic heterocycles. The molecule has 8 heteroatoms. The number of hydrogen-bond donors (Lipinski definition) is 2. The number of aromatic nitrogens is 2. The maximum absolute atomic E-state index is 13.1. The van der Waals surface area contributed by atoms with Crippen LogP contribution in [0.25, 0.3) is 0 Å². The number of nitrogens with zero attached hydrogens (tertiary/aromatic N) is 3. The SMILES string of the molecule is COc1ccc(CN[C@H]2C[C@H]3C(=O)N[C@H](Cc4ccccc4)C(=O)N3C2)cc1Cn1cccn1. The van der Waals surface area contributed by atoms with Gasteiger partial charge in [0.1, 0.15) is 17.8 Å². The number of methoxy groups -OCH3 is 1. The van der Waals surface area contributed by atoms with Crippen LogP contribution in [-0.2, 0) is 29.1 Å². The van der Waals surface area contributed by atoms with E-state index in [0.717, 1.165) is 22.4 Å². The minimum Gasteiger partial charge on any atom is -0.496 e. The van der Waals surface area contributed by atoms with E-state index in [1.54, 1.807) is 18.2 Å². The van der Waals surface area contributed by atoms with Crippen LogP contribution in [0.4, 0.5) is 0 Å². The molecule has 0 aliphatic carbocycles. The third-order valence-electron chi connectivity index (χ3n) is 6.62. The molecule has 0 bridgehead atoms. The lowest BCUT2D eigenvalue weighted by molar-refractivity contribution is -0.147. The number of amides is 2. The normalized spacial score (nSPS) is 21.9. The van der Waals surface area contributed by atoms with Gasteiger partial charge >= 0.3 is 0 Å². The Hall–Kier alpha value is -3.65. The highest BCUT2D eigenvalue weighted by atomic mass is 16.5. The molecule has 2 saturated heterocycles. The molecule has 0 spiro atoms. The molecule has 2 aromatic carbocycles. The van der Waals surface area contributed by atoms with Crippen LogP contribution in [-0.4, -0.2) is 58.3 Å². The van der Waals surface area contributed by atoms with Crippen LogP contribution in [0.1, 0.15) is 23.1 Å². The van der Waals surface area contributed by atoms with Gasteiger partial charge < -0.3 is 20.3 Å². The van der Waals surface area contributed by atoms with Gasteiger partial charge in [0.05, 0.1) is 13.7 Å². The van der Waals surface area contributed by atoms with Crippen LogP contribution in [0.15, 0.2) is 67.0 Å². The molecule has 2 aliphatic rings. The average Bonchev–Trinajstić information content (AvgIpc) is 3.52. The number of piperazine rings is 1. The van der Waals surface area contributed by atoms with Gasteiger partial charge in [0, 0.05) is 43.5 Å². The van der Waals surface area contributed by atoms with Crippen LogP contribution in [0.5, 0.6) is 5.75 Å². The Morgan fingerprint density at radius 1 is 1.12 bits per heavy atom. The van der Waals surface area contributed by atoms with E-state index in [4.69, 9.17) is 4.74 Å². The van der Waals surface area contributed by atoms with Gasteiger partial charge in [0.15, 0.2) is 0 Å². The number of nitrogens with one attached hydrogen (secondary N) is 2. The molecule has 0 radical (unpaired) electrons. The lowest BCUT2D eigenvalue weighted by Gasteiger charge is -2.34. The molecule has 5 rings (SSSR count). The summed E-state index contributed by atoms with van der Waals surface area (Å²) in [4.78, 5) is 27.6. The fraction of sp³-hybridized carbons (Fsp3) is 0.346. The molecule has 3 heterocycles. The van der Waals surface area contributed by atoms with Gasteiger partial charge in [0.25, 0.3) is 0 Å². The lowest BCUT2D eigenvalue weighted by Crippen LogP contribution is -2.61. The lowest BCUT2D eigenvalue weighted by atomic mass is 10.0. The van der Waals surface area contributed by atoms with E-state index in [2.05, 4.69) is 21.8 Å². The zero-order valence-corrected chi connectivity index (χ0v) is 19.2. The van der Waals surface area contributed by atoms with Crippen molar-refractivity contribution < 1.29 is 14.3 Å². The Kier molecular flexibility index (Phi) is 6.31. The second kappa shape index (κ2) is 9.69. The van der Waals surface area contributed by atoms with Crippen molar-refractivity contribution in [1.29, 1.82) is 0 Å². The molecule has 3 aromatic rings. The zero-order valence-electron chi connectivity index (χ0n) is 19.2. The second-order valence-corrected chi connectivity index (χ2v) is 8.92. The fourth-order valence-corrected chi connectivity index (χ4v) is 4.89. The molecule has 3 atom stereocenters. The van der Waals surface area contributed by atoms with Crippen molar-refractivity contribution in [3.63, 3.8) is 0 Å². The predicted molar refractivity (Wildman–Crippen MR) is 127 cm³/mol. The second-order valence-electron chi connectivity index (χ2n) is 8.92. The van der Waals surface area contributed by atoms with Crippen molar-refractivity contribution in [2.45, 2.75) is 44.1 Å². The van der Waals surface area contributed by atoms with Crippen molar-refractivity contribution in [2.24, 2.45) is 0 Å². The van der Waals surface area contributed by atoms with Gasteiger partial charge in [-0.2, -0.15) is 5.10 Å². The highest BCUT2D eigenvalue weighted by molar-refractivity contribution is 5.97. The van der Waals surface area contributed by atoms with Gasteiger partial charge in [0.2, 0.25) is 11.8 Å². The van der Waals surface area contributed by atoms with Crippen LogP contribution in [0.3, 0.4) is 0 Å². The summed E-state index contributed by atoms with van der Waals surface area (Å²) in [6, 6.07) is 17.0. The van der Waals surface area contributed by atoms with E-state index in [0.29, 0.717) is 32.5 Å². The summed E-state index contributed by atoms with van der Waals surface area (Å²) in [5.74, 6) is 0.767. The zero-order chi connectivity index (χ0) is 23.5. The number of ether oxygens (including phenoxy) is 1. The molecule has 2 amide bonds. The van der Waals surface area contributed by atoms with E-state index in [9.17, 15) is 9.59 Å². The summed E-state index contributed by atoms with van der Waals surface area (Å²) >= 11 is 0. The number of fused-ring (bicyclic) bond motifs is 1. The van der Waals surface area contributed by atoms with Crippen molar-refractivity contribution in [3.8, 4) is 5.75 Å². The summed E-state index contributed by atoms with van der Waals surface area (Å²) < 4.78 is 7.38. The largest absolute Gasteiger partial charge is 0.496 e. The van der Waals surface area contributed by atoms with Crippen molar-refractivity contribution in [3.05, 3.63) is 83.7 Å². The van der Waals surface area contributed by atoms with Crippen LogP contribution >= 0.6 is 0 Å². The molecule has 2 N–H and O–H groups in total.